The van der Waals surface area contributed by atoms with Gasteiger partial charge in [-0.2, -0.15) is 0 Å². The molecule has 2 fully saturated rings. The van der Waals surface area contributed by atoms with E-state index in [1.54, 1.807) is 23.9 Å². The summed E-state index contributed by atoms with van der Waals surface area (Å²) in [4.78, 5) is 40.3. The Hall–Kier alpha value is -2.57. The number of nitrogens with zero attached hydrogens (tertiary/aromatic N) is 5. The van der Waals surface area contributed by atoms with Crippen molar-refractivity contribution in [2.24, 2.45) is 18.9 Å². The molecule has 2 aliphatic rings. The van der Waals surface area contributed by atoms with Crippen LogP contribution < -0.4 is 10.5 Å². The second-order valence-corrected chi connectivity index (χ2v) is 7.60. The zero-order chi connectivity index (χ0) is 18.8. The molecule has 1 atom stereocenters. The smallest absolute Gasteiger partial charge is 0.255 e. The highest BCUT2D eigenvalue weighted by molar-refractivity contribution is 5.84. The van der Waals surface area contributed by atoms with E-state index < -0.39 is 0 Å². The number of aromatic nitrogens is 4. The molecule has 142 valence electrons. The molecule has 7 heteroatoms. The number of carbonyl (C=O) groups is 1. The maximum Gasteiger partial charge on any atom is 0.255 e. The summed E-state index contributed by atoms with van der Waals surface area (Å²) in [6, 6.07) is 3.24. The Morgan fingerprint density at radius 2 is 1.89 bits per heavy atom. The van der Waals surface area contributed by atoms with Crippen LogP contribution in [0.2, 0.25) is 0 Å². The van der Waals surface area contributed by atoms with Gasteiger partial charge in [0.2, 0.25) is 5.95 Å². The molecule has 1 saturated heterocycles. The summed E-state index contributed by atoms with van der Waals surface area (Å²) < 4.78 is 1.56. The van der Waals surface area contributed by atoms with E-state index in [1.165, 1.54) is 25.2 Å². The molecule has 0 aromatic carbocycles. The standard InChI is InChI=1S/C20H25N5O2/c1-24-18(26)11-17(16-8-9-21-13-22-16)23-20(24)25-10-4-7-15(12-25)19(27)14-5-2-3-6-14/h8-9,11,13-15H,2-7,10,12H2,1H3. The van der Waals surface area contributed by atoms with Gasteiger partial charge in [-0.05, 0) is 31.7 Å². The van der Waals surface area contributed by atoms with E-state index in [0.29, 0.717) is 29.7 Å². The van der Waals surface area contributed by atoms with Gasteiger partial charge in [0, 0.05) is 44.2 Å². The normalized spacial score (nSPS) is 20.8. The number of anilines is 1. The van der Waals surface area contributed by atoms with Crippen LogP contribution in [-0.4, -0.2) is 38.4 Å². The van der Waals surface area contributed by atoms with Crippen molar-refractivity contribution >= 4 is 11.7 Å². The number of hydrogen-bond acceptors (Lipinski definition) is 6. The Bertz CT molecular complexity index is 874. The van der Waals surface area contributed by atoms with E-state index in [9.17, 15) is 9.59 Å². The predicted molar refractivity (Wildman–Crippen MR) is 102 cm³/mol. The zero-order valence-corrected chi connectivity index (χ0v) is 15.7. The fourth-order valence-electron chi connectivity index (χ4n) is 4.32. The molecule has 0 N–H and O–H groups in total. The van der Waals surface area contributed by atoms with E-state index >= 15 is 0 Å². The summed E-state index contributed by atoms with van der Waals surface area (Å²) in [5.74, 6) is 1.30. The van der Waals surface area contributed by atoms with Crippen LogP contribution in [0.4, 0.5) is 5.95 Å². The van der Waals surface area contributed by atoms with Crippen LogP contribution in [0.15, 0.2) is 29.5 Å². The van der Waals surface area contributed by atoms with E-state index in [0.717, 1.165) is 32.2 Å². The minimum Gasteiger partial charge on any atom is -0.341 e. The number of carbonyl (C=O) groups excluding carboxylic acids is 1. The van der Waals surface area contributed by atoms with Crippen molar-refractivity contribution in [3.8, 4) is 11.4 Å². The average molecular weight is 367 g/mol. The van der Waals surface area contributed by atoms with Gasteiger partial charge in [-0.3, -0.25) is 14.2 Å². The third-order valence-electron chi connectivity index (χ3n) is 5.82. The van der Waals surface area contributed by atoms with Crippen molar-refractivity contribution in [2.45, 2.75) is 38.5 Å². The molecule has 4 rings (SSSR count). The quantitative estimate of drug-likeness (QED) is 0.824. The van der Waals surface area contributed by atoms with Gasteiger partial charge in [0.1, 0.15) is 12.1 Å². The molecule has 1 aliphatic carbocycles. The van der Waals surface area contributed by atoms with Gasteiger partial charge >= 0.3 is 0 Å². The second-order valence-electron chi connectivity index (χ2n) is 7.60. The largest absolute Gasteiger partial charge is 0.341 e. The fraction of sp³-hybridized carbons (Fsp3) is 0.550. The molecule has 0 bridgehead atoms. The molecule has 1 unspecified atom stereocenters. The summed E-state index contributed by atoms with van der Waals surface area (Å²) in [7, 11) is 1.73. The number of rotatable bonds is 4. The Balaban J connectivity index is 1.61. The maximum atomic E-state index is 12.9. The van der Waals surface area contributed by atoms with Gasteiger partial charge in [-0.25, -0.2) is 15.0 Å². The van der Waals surface area contributed by atoms with Crippen molar-refractivity contribution in [2.75, 3.05) is 18.0 Å². The van der Waals surface area contributed by atoms with Gasteiger partial charge in [0.15, 0.2) is 0 Å². The lowest BCUT2D eigenvalue weighted by Crippen LogP contribution is -2.43. The number of piperidine rings is 1. The summed E-state index contributed by atoms with van der Waals surface area (Å²) in [6.07, 6.45) is 9.38. The van der Waals surface area contributed by atoms with Crippen molar-refractivity contribution in [3.63, 3.8) is 0 Å². The minimum absolute atomic E-state index is 0.0430. The number of hydrogen-bond donors (Lipinski definition) is 0. The van der Waals surface area contributed by atoms with Crippen LogP contribution in [0.5, 0.6) is 0 Å². The van der Waals surface area contributed by atoms with Gasteiger partial charge in [0.05, 0.1) is 11.4 Å². The molecule has 0 spiro atoms. The highest BCUT2D eigenvalue weighted by Crippen LogP contribution is 2.31. The fourth-order valence-corrected chi connectivity index (χ4v) is 4.32. The first-order valence-electron chi connectivity index (χ1n) is 9.76. The van der Waals surface area contributed by atoms with E-state index in [4.69, 9.17) is 4.98 Å². The van der Waals surface area contributed by atoms with Crippen LogP contribution in [0.1, 0.15) is 38.5 Å². The zero-order valence-electron chi connectivity index (χ0n) is 15.7. The molecule has 1 aliphatic heterocycles. The molecular formula is C20H25N5O2. The van der Waals surface area contributed by atoms with Crippen molar-refractivity contribution in [1.82, 2.24) is 19.5 Å². The summed E-state index contributed by atoms with van der Waals surface area (Å²) >= 11 is 0. The minimum atomic E-state index is -0.127. The molecule has 0 amide bonds. The van der Waals surface area contributed by atoms with Crippen LogP contribution in [-0.2, 0) is 11.8 Å². The van der Waals surface area contributed by atoms with Crippen molar-refractivity contribution in [1.29, 1.82) is 0 Å². The predicted octanol–water partition coefficient (Wildman–Crippen LogP) is 2.21. The van der Waals surface area contributed by atoms with Gasteiger partial charge in [-0.1, -0.05) is 12.8 Å². The Kier molecular flexibility index (Phi) is 5.01. The lowest BCUT2D eigenvalue weighted by atomic mass is 9.86. The number of ketones is 1. The Morgan fingerprint density at radius 1 is 1.11 bits per heavy atom. The molecular weight excluding hydrogens is 342 g/mol. The first kappa shape index (κ1) is 17.8. The maximum absolute atomic E-state index is 12.9. The molecule has 7 nitrogen and oxygen atoms in total. The molecule has 27 heavy (non-hydrogen) atoms. The monoisotopic (exact) mass is 367 g/mol. The summed E-state index contributed by atoms with van der Waals surface area (Å²) in [5.41, 5.74) is 1.04. The second kappa shape index (κ2) is 7.58. The van der Waals surface area contributed by atoms with Crippen LogP contribution in [0.25, 0.3) is 11.4 Å². The van der Waals surface area contributed by atoms with Crippen LogP contribution >= 0.6 is 0 Å². The topological polar surface area (TPSA) is 81.0 Å². The summed E-state index contributed by atoms with van der Waals surface area (Å²) in [5, 5.41) is 0. The van der Waals surface area contributed by atoms with E-state index in [-0.39, 0.29) is 17.4 Å². The highest BCUT2D eigenvalue weighted by atomic mass is 16.1. The molecule has 3 heterocycles. The molecule has 1 saturated carbocycles. The van der Waals surface area contributed by atoms with Crippen molar-refractivity contribution < 1.29 is 4.79 Å². The van der Waals surface area contributed by atoms with E-state index in [2.05, 4.69) is 14.9 Å². The average Bonchev–Trinajstić information content (AvgIpc) is 3.25. The first-order chi connectivity index (χ1) is 13.1. The molecule has 0 radical (unpaired) electrons. The lowest BCUT2D eigenvalue weighted by molar-refractivity contribution is -0.126. The van der Waals surface area contributed by atoms with Crippen LogP contribution in [0, 0.1) is 11.8 Å². The SMILES string of the molecule is Cn1c(N2CCCC(C(=O)C3CCCC3)C2)nc(-c2ccncn2)cc1=O. The molecule has 2 aromatic heterocycles. The lowest BCUT2D eigenvalue weighted by Gasteiger charge is -2.34. The summed E-state index contributed by atoms with van der Waals surface area (Å²) in [6.45, 7) is 1.45. The van der Waals surface area contributed by atoms with Crippen LogP contribution in [0.3, 0.4) is 0 Å². The number of Topliss-reactive ketones (excluding diaryl/α,β-unsaturated/α-hetero) is 1. The van der Waals surface area contributed by atoms with Gasteiger partial charge < -0.3 is 4.90 Å². The van der Waals surface area contributed by atoms with Gasteiger partial charge in [-0.15, -0.1) is 0 Å². The Morgan fingerprint density at radius 3 is 2.63 bits per heavy atom. The van der Waals surface area contributed by atoms with Crippen molar-refractivity contribution in [3.05, 3.63) is 35.0 Å². The first-order valence-corrected chi connectivity index (χ1v) is 9.76. The third-order valence-corrected chi connectivity index (χ3v) is 5.82. The highest BCUT2D eigenvalue weighted by Gasteiger charge is 2.33. The van der Waals surface area contributed by atoms with E-state index in [1.807, 2.05) is 0 Å². The third kappa shape index (κ3) is 3.63. The molecule has 2 aromatic rings. The van der Waals surface area contributed by atoms with Gasteiger partial charge in [0.25, 0.3) is 5.56 Å². The Labute approximate surface area is 158 Å².